The molecule has 0 unspecified atom stereocenters. The molecular formula is C7H16N2Y2-4. The molecule has 0 bridgehead atoms. The van der Waals surface area contributed by atoms with Crippen molar-refractivity contribution in [1.29, 1.82) is 0 Å². The van der Waals surface area contributed by atoms with E-state index in [1.807, 2.05) is 0 Å². The van der Waals surface area contributed by atoms with Crippen molar-refractivity contribution in [3.05, 3.63) is 24.9 Å². The van der Waals surface area contributed by atoms with Crippen LogP contribution in [0.2, 0.25) is 0 Å². The standard InChI is InChI=1S/C5H9N.CH4N.CH3.2Y/c1-2-4-6-5-3-1;1-2;;;/h1H,2-5H2;2H,1H3;1H3;;/q-2;2*-1;;. The van der Waals surface area contributed by atoms with Crippen molar-refractivity contribution in [2.24, 2.45) is 0 Å². The zero-order valence-electron chi connectivity index (χ0n) is 7.51. The van der Waals surface area contributed by atoms with Gasteiger partial charge in [-0.3, -0.25) is 0 Å². The second-order valence-corrected chi connectivity index (χ2v) is 1.54. The normalized spacial score (nSPS) is 13.6. The van der Waals surface area contributed by atoms with Crippen LogP contribution in [-0.2, 0) is 65.4 Å². The maximum absolute atomic E-state index is 5.75. The van der Waals surface area contributed by atoms with Gasteiger partial charge in [-0.25, -0.2) is 0 Å². The Bertz CT molecular complexity index is 29.9. The van der Waals surface area contributed by atoms with Crippen LogP contribution < -0.4 is 0 Å². The maximum atomic E-state index is 5.75. The van der Waals surface area contributed by atoms with Crippen LogP contribution in [0, 0.1) is 13.8 Å². The van der Waals surface area contributed by atoms with E-state index in [1.54, 1.807) is 0 Å². The fraction of sp³-hybridized carbons (Fsp3) is 0.714. The van der Waals surface area contributed by atoms with Gasteiger partial charge in [0.15, 0.2) is 0 Å². The molecule has 0 spiro atoms. The SMILES string of the molecule is C[NH-].[CH-]1CC[N-]CC1.[CH3-].[Y].[Y]. The predicted octanol–water partition coefficient (Wildman–Crippen LogP) is 2.47. The molecule has 1 heterocycles. The molecule has 1 aliphatic rings. The van der Waals surface area contributed by atoms with Gasteiger partial charge in [0.05, 0.1) is 0 Å². The van der Waals surface area contributed by atoms with Crippen LogP contribution in [0.15, 0.2) is 0 Å². The summed E-state index contributed by atoms with van der Waals surface area (Å²) in [5.41, 5.74) is 5.75. The first-order chi connectivity index (χ1) is 4.00. The van der Waals surface area contributed by atoms with Crippen LogP contribution in [0.5, 0.6) is 0 Å². The van der Waals surface area contributed by atoms with Crippen LogP contribution in [0.4, 0.5) is 0 Å². The van der Waals surface area contributed by atoms with E-state index in [0.29, 0.717) is 0 Å². The Balaban J connectivity index is -0.0000000459. The quantitative estimate of drug-likeness (QED) is 0.617. The number of piperidine rings is 1. The summed E-state index contributed by atoms with van der Waals surface area (Å²) in [7, 11) is 1.25. The molecule has 1 saturated heterocycles. The summed E-state index contributed by atoms with van der Waals surface area (Å²) in [5, 5.41) is 4.15. The van der Waals surface area contributed by atoms with E-state index in [1.165, 1.54) is 19.9 Å². The minimum atomic E-state index is 0. The van der Waals surface area contributed by atoms with Crippen LogP contribution in [0.25, 0.3) is 11.1 Å². The minimum Gasteiger partial charge on any atom is -0.680 e. The van der Waals surface area contributed by atoms with Gasteiger partial charge in [0.25, 0.3) is 0 Å². The fourth-order valence-electron chi connectivity index (χ4n) is 0.621. The summed E-state index contributed by atoms with van der Waals surface area (Å²) in [6.45, 7) is 2.14. The molecule has 1 fully saturated rings. The molecule has 0 saturated carbocycles. The first-order valence-electron chi connectivity index (χ1n) is 2.95. The molecule has 2 nitrogen and oxygen atoms in total. The molecule has 1 aliphatic heterocycles. The zero-order chi connectivity index (χ0) is 6.24. The summed E-state index contributed by atoms with van der Waals surface area (Å²) in [6.07, 6.45) is 4.72. The van der Waals surface area contributed by atoms with Gasteiger partial charge in [-0.1, -0.05) is 0 Å². The topological polar surface area (TPSA) is 37.9 Å². The van der Waals surface area contributed by atoms with Crippen LogP contribution >= 0.6 is 0 Å². The van der Waals surface area contributed by atoms with Gasteiger partial charge in [0.1, 0.15) is 0 Å². The van der Waals surface area contributed by atoms with Gasteiger partial charge in [0.2, 0.25) is 0 Å². The van der Waals surface area contributed by atoms with Gasteiger partial charge >= 0.3 is 0 Å². The molecule has 1 rings (SSSR count). The number of nitrogens with zero attached hydrogens (tertiary/aromatic N) is 1. The van der Waals surface area contributed by atoms with E-state index in [9.17, 15) is 0 Å². The molecule has 2 radical (unpaired) electrons. The smallest absolute Gasteiger partial charge is 0 e. The molecule has 0 aromatic carbocycles. The average Bonchev–Trinajstić information content (AvgIpc) is 1.96. The van der Waals surface area contributed by atoms with E-state index in [4.69, 9.17) is 5.73 Å². The van der Waals surface area contributed by atoms with Gasteiger partial charge in [-0.05, 0) is 0 Å². The Morgan fingerprint density at radius 1 is 1.09 bits per heavy atom. The Hall–Kier alpha value is 2.13. The number of hydrogen-bond acceptors (Lipinski definition) is 0. The van der Waals surface area contributed by atoms with E-state index in [2.05, 4.69) is 11.7 Å². The van der Waals surface area contributed by atoms with Crippen LogP contribution in [0.1, 0.15) is 12.8 Å². The summed E-state index contributed by atoms with van der Waals surface area (Å²) in [6, 6.07) is 0. The first kappa shape index (κ1) is 23.2. The molecule has 4 heteroatoms. The third-order valence-corrected chi connectivity index (χ3v) is 0.983. The summed E-state index contributed by atoms with van der Waals surface area (Å²) < 4.78 is 0. The second-order valence-electron chi connectivity index (χ2n) is 1.54. The summed E-state index contributed by atoms with van der Waals surface area (Å²) in [5.74, 6) is 0. The summed E-state index contributed by atoms with van der Waals surface area (Å²) >= 11 is 0. The fourth-order valence-corrected chi connectivity index (χ4v) is 0.621. The molecule has 0 aromatic heterocycles. The molecular weight excluding hydrogens is 290 g/mol. The molecule has 64 valence electrons. The third kappa shape index (κ3) is 18.8. The van der Waals surface area contributed by atoms with E-state index < -0.39 is 0 Å². The monoisotopic (exact) mass is 306 g/mol. The van der Waals surface area contributed by atoms with Gasteiger partial charge in [-0.15, -0.1) is 0 Å². The molecule has 11 heavy (non-hydrogen) atoms. The van der Waals surface area contributed by atoms with Crippen molar-refractivity contribution in [3.8, 4) is 0 Å². The largest absolute Gasteiger partial charge is 0.680 e. The second kappa shape index (κ2) is 22.7. The van der Waals surface area contributed by atoms with E-state index in [0.717, 1.165) is 13.1 Å². The van der Waals surface area contributed by atoms with E-state index in [-0.39, 0.29) is 72.8 Å². The Morgan fingerprint density at radius 3 is 1.55 bits per heavy atom. The van der Waals surface area contributed by atoms with Gasteiger partial charge in [0, 0.05) is 65.4 Å². The Morgan fingerprint density at radius 2 is 1.45 bits per heavy atom. The van der Waals surface area contributed by atoms with Crippen molar-refractivity contribution in [2.45, 2.75) is 12.8 Å². The third-order valence-electron chi connectivity index (χ3n) is 0.983. The average molecular weight is 306 g/mol. The van der Waals surface area contributed by atoms with Crippen LogP contribution in [-0.4, -0.2) is 20.1 Å². The van der Waals surface area contributed by atoms with Crippen molar-refractivity contribution < 1.29 is 65.4 Å². The zero-order valence-corrected chi connectivity index (χ0v) is 13.2. The van der Waals surface area contributed by atoms with Crippen LogP contribution in [0.3, 0.4) is 0 Å². The number of rotatable bonds is 0. The van der Waals surface area contributed by atoms with Crippen molar-refractivity contribution in [3.63, 3.8) is 0 Å². The predicted molar refractivity (Wildman–Crippen MR) is 43.3 cm³/mol. The number of nitrogens with one attached hydrogen (secondary N) is 1. The molecule has 1 N–H and O–H groups in total. The maximum Gasteiger partial charge on any atom is 0 e. The number of hydrogen-bond donors (Lipinski definition) is 0. The molecule has 0 amide bonds. The van der Waals surface area contributed by atoms with Crippen molar-refractivity contribution in [1.82, 2.24) is 0 Å². The summed E-state index contributed by atoms with van der Waals surface area (Å²) in [4.78, 5) is 0. The Kier molecular flexibility index (Phi) is 47.9. The molecule has 0 atom stereocenters. The van der Waals surface area contributed by atoms with Crippen molar-refractivity contribution in [2.75, 3.05) is 20.1 Å². The van der Waals surface area contributed by atoms with Crippen molar-refractivity contribution >= 4 is 0 Å². The van der Waals surface area contributed by atoms with Gasteiger partial charge in [-0.2, -0.15) is 33.0 Å². The van der Waals surface area contributed by atoms with E-state index >= 15 is 0 Å². The minimum absolute atomic E-state index is 0. The van der Waals surface area contributed by atoms with Gasteiger partial charge < -0.3 is 24.9 Å². The molecule has 0 aromatic rings. The molecule has 0 aliphatic carbocycles. The first-order valence-corrected chi connectivity index (χ1v) is 2.95. The Labute approximate surface area is 122 Å².